The number of nitrogens with zero attached hydrogens (tertiary/aromatic N) is 4. The maximum Gasteiger partial charge on any atom is 0.317 e. The molecule has 1 saturated heterocycles. The highest BCUT2D eigenvalue weighted by molar-refractivity contribution is 5.75. The number of carbonyl (C=O) groups excluding carboxylic acids is 1. The highest BCUT2D eigenvalue weighted by Crippen LogP contribution is 2.23. The summed E-state index contributed by atoms with van der Waals surface area (Å²) < 4.78 is 0. The number of hydrogen-bond acceptors (Lipinski definition) is 4. The van der Waals surface area contributed by atoms with Crippen LogP contribution in [0.2, 0.25) is 0 Å². The minimum absolute atomic E-state index is 0.0560. The summed E-state index contributed by atoms with van der Waals surface area (Å²) in [5, 5.41) is 12.0. The zero-order chi connectivity index (χ0) is 16.4. The predicted octanol–water partition coefficient (Wildman–Crippen LogP) is 2.25. The van der Waals surface area contributed by atoms with Gasteiger partial charge in [-0.2, -0.15) is 5.10 Å². The molecule has 0 spiro atoms. The molecule has 1 fully saturated rings. The minimum Gasteiger partial charge on any atom is -0.355 e. The Bertz CT molecular complexity index is 638. The first-order valence-electron chi connectivity index (χ1n) is 9.10. The van der Waals surface area contributed by atoms with E-state index < -0.39 is 0 Å². The SMILES string of the molecule is O=C(NC1CC=CCC1)N1CCc2nnc(N3CCCC3)cc2C1. The minimum atomic E-state index is 0.0560. The lowest BCUT2D eigenvalue weighted by Gasteiger charge is -2.31. The number of aromatic nitrogens is 2. The molecule has 4 rings (SSSR count). The fourth-order valence-corrected chi connectivity index (χ4v) is 3.78. The van der Waals surface area contributed by atoms with Gasteiger partial charge in [0.15, 0.2) is 5.82 Å². The van der Waals surface area contributed by atoms with E-state index in [1.807, 2.05) is 4.90 Å². The number of anilines is 1. The summed E-state index contributed by atoms with van der Waals surface area (Å²) in [4.78, 5) is 16.8. The van der Waals surface area contributed by atoms with Gasteiger partial charge in [0.1, 0.15) is 0 Å². The van der Waals surface area contributed by atoms with Gasteiger partial charge in [0.05, 0.1) is 5.69 Å². The first-order chi connectivity index (χ1) is 11.8. The van der Waals surface area contributed by atoms with Gasteiger partial charge in [-0.25, -0.2) is 4.79 Å². The molecule has 1 aliphatic carbocycles. The van der Waals surface area contributed by atoms with Crippen molar-refractivity contribution in [2.24, 2.45) is 0 Å². The number of hydrogen-bond donors (Lipinski definition) is 1. The van der Waals surface area contributed by atoms with Crippen LogP contribution in [0.3, 0.4) is 0 Å². The summed E-state index contributed by atoms with van der Waals surface area (Å²) in [7, 11) is 0. The van der Waals surface area contributed by atoms with Crippen LogP contribution >= 0.6 is 0 Å². The predicted molar refractivity (Wildman–Crippen MR) is 92.9 cm³/mol. The number of rotatable bonds is 2. The molecule has 0 aromatic carbocycles. The first kappa shape index (κ1) is 15.4. The third-order valence-corrected chi connectivity index (χ3v) is 5.24. The highest BCUT2D eigenvalue weighted by Gasteiger charge is 2.25. The Balaban J connectivity index is 1.43. The van der Waals surface area contributed by atoms with Gasteiger partial charge in [-0.05, 0) is 43.7 Å². The van der Waals surface area contributed by atoms with Gasteiger partial charge in [-0.1, -0.05) is 12.2 Å². The molecule has 3 heterocycles. The normalized spacial score (nSPS) is 23.2. The number of fused-ring (bicyclic) bond motifs is 1. The van der Waals surface area contributed by atoms with E-state index in [2.05, 4.69) is 38.6 Å². The van der Waals surface area contributed by atoms with Crippen LogP contribution in [0.5, 0.6) is 0 Å². The van der Waals surface area contributed by atoms with E-state index in [1.165, 1.54) is 12.8 Å². The molecule has 0 saturated carbocycles. The summed E-state index contributed by atoms with van der Waals surface area (Å²) in [5.41, 5.74) is 2.19. The topological polar surface area (TPSA) is 61.4 Å². The van der Waals surface area contributed by atoms with E-state index >= 15 is 0 Å². The Morgan fingerprint density at radius 3 is 2.83 bits per heavy atom. The van der Waals surface area contributed by atoms with Gasteiger partial charge in [0, 0.05) is 38.6 Å². The summed E-state index contributed by atoms with van der Waals surface area (Å²) in [6.45, 7) is 3.49. The van der Waals surface area contributed by atoms with E-state index in [-0.39, 0.29) is 12.1 Å². The summed E-state index contributed by atoms with van der Waals surface area (Å²) >= 11 is 0. The molecule has 6 heteroatoms. The lowest BCUT2D eigenvalue weighted by molar-refractivity contribution is 0.186. The summed E-state index contributed by atoms with van der Waals surface area (Å²) in [5.74, 6) is 0.964. The van der Waals surface area contributed by atoms with Crippen LogP contribution in [0.25, 0.3) is 0 Å². The molecule has 2 amide bonds. The van der Waals surface area contributed by atoms with Gasteiger partial charge in [0.25, 0.3) is 0 Å². The van der Waals surface area contributed by atoms with E-state index in [4.69, 9.17) is 0 Å². The van der Waals surface area contributed by atoms with Gasteiger partial charge >= 0.3 is 6.03 Å². The third-order valence-electron chi connectivity index (χ3n) is 5.24. The first-order valence-corrected chi connectivity index (χ1v) is 9.10. The fraction of sp³-hybridized carbons (Fsp3) is 0.611. The Hall–Kier alpha value is -2.11. The second-order valence-electron chi connectivity index (χ2n) is 6.97. The largest absolute Gasteiger partial charge is 0.355 e. The van der Waals surface area contributed by atoms with Crippen molar-refractivity contribution in [3.05, 3.63) is 29.5 Å². The van der Waals surface area contributed by atoms with Crippen molar-refractivity contribution >= 4 is 11.8 Å². The number of nitrogens with one attached hydrogen (secondary N) is 1. The van der Waals surface area contributed by atoms with Crippen molar-refractivity contribution in [1.82, 2.24) is 20.4 Å². The summed E-state index contributed by atoms with van der Waals surface area (Å²) in [6, 6.07) is 2.47. The quantitative estimate of drug-likeness (QED) is 0.847. The smallest absolute Gasteiger partial charge is 0.317 e. The van der Waals surface area contributed by atoms with Gasteiger partial charge in [0.2, 0.25) is 0 Å². The van der Waals surface area contributed by atoms with Crippen LogP contribution in [-0.2, 0) is 13.0 Å². The van der Waals surface area contributed by atoms with E-state index in [1.54, 1.807) is 0 Å². The van der Waals surface area contributed by atoms with Crippen molar-refractivity contribution < 1.29 is 4.79 Å². The molecule has 1 N–H and O–H groups in total. The zero-order valence-electron chi connectivity index (χ0n) is 14.1. The van der Waals surface area contributed by atoms with E-state index in [0.29, 0.717) is 6.54 Å². The Morgan fingerprint density at radius 1 is 1.17 bits per heavy atom. The van der Waals surface area contributed by atoms with Crippen LogP contribution in [0.1, 0.15) is 43.4 Å². The molecular weight excluding hydrogens is 302 g/mol. The van der Waals surface area contributed by atoms with E-state index in [0.717, 1.165) is 62.4 Å². The number of carbonyl (C=O) groups is 1. The monoisotopic (exact) mass is 327 g/mol. The lowest BCUT2D eigenvalue weighted by atomic mass is 10.0. The fourth-order valence-electron chi connectivity index (χ4n) is 3.78. The maximum atomic E-state index is 12.6. The molecule has 0 radical (unpaired) electrons. The molecule has 1 aromatic heterocycles. The second-order valence-corrected chi connectivity index (χ2v) is 6.97. The molecular formula is C18H25N5O. The van der Waals surface area contributed by atoms with Crippen LogP contribution in [0, 0.1) is 0 Å². The van der Waals surface area contributed by atoms with Crippen LogP contribution in [-0.4, -0.2) is 46.8 Å². The lowest BCUT2D eigenvalue weighted by Crippen LogP contribution is -2.47. The average molecular weight is 327 g/mol. The Labute approximate surface area is 142 Å². The Morgan fingerprint density at radius 2 is 2.04 bits per heavy atom. The molecule has 0 bridgehead atoms. The molecule has 2 aliphatic heterocycles. The standard InChI is InChI=1S/C18H25N5O/c24-18(19-15-6-2-1-3-7-15)23-11-8-16-14(13-23)12-17(21-20-16)22-9-4-5-10-22/h1-2,12,15H,3-11,13H2,(H,19,24). The van der Waals surface area contributed by atoms with Crippen molar-refractivity contribution in [2.45, 2.75) is 51.1 Å². The molecule has 1 atom stereocenters. The zero-order valence-corrected chi connectivity index (χ0v) is 14.1. The van der Waals surface area contributed by atoms with Gasteiger partial charge < -0.3 is 15.1 Å². The van der Waals surface area contributed by atoms with Crippen molar-refractivity contribution in [3.63, 3.8) is 0 Å². The molecule has 128 valence electrons. The Kier molecular flexibility index (Phi) is 4.36. The van der Waals surface area contributed by atoms with Crippen LogP contribution < -0.4 is 10.2 Å². The molecule has 3 aliphatic rings. The number of amides is 2. The molecule has 1 aromatic rings. The number of urea groups is 1. The summed E-state index contributed by atoms with van der Waals surface area (Å²) in [6.07, 6.45) is 10.6. The third kappa shape index (κ3) is 3.23. The highest BCUT2D eigenvalue weighted by atomic mass is 16.2. The average Bonchev–Trinajstić information content (AvgIpc) is 3.16. The van der Waals surface area contributed by atoms with Crippen LogP contribution in [0.4, 0.5) is 10.6 Å². The van der Waals surface area contributed by atoms with Crippen molar-refractivity contribution in [1.29, 1.82) is 0 Å². The van der Waals surface area contributed by atoms with Crippen molar-refractivity contribution in [2.75, 3.05) is 24.5 Å². The van der Waals surface area contributed by atoms with Crippen LogP contribution in [0.15, 0.2) is 18.2 Å². The second kappa shape index (κ2) is 6.79. The van der Waals surface area contributed by atoms with Gasteiger partial charge in [-0.15, -0.1) is 5.10 Å². The van der Waals surface area contributed by atoms with E-state index in [9.17, 15) is 4.79 Å². The number of allylic oxidation sites excluding steroid dienone is 1. The molecule has 6 nitrogen and oxygen atoms in total. The maximum absolute atomic E-state index is 12.6. The molecule has 24 heavy (non-hydrogen) atoms. The van der Waals surface area contributed by atoms with Crippen molar-refractivity contribution in [3.8, 4) is 0 Å². The van der Waals surface area contributed by atoms with Gasteiger partial charge in [-0.3, -0.25) is 0 Å². The molecule has 1 unspecified atom stereocenters.